The van der Waals surface area contributed by atoms with Crippen molar-refractivity contribution >= 4 is 5.69 Å². The van der Waals surface area contributed by atoms with E-state index < -0.39 is 0 Å². The lowest BCUT2D eigenvalue weighted by Crippen LogP contribution is -1.50. The summed E-state index contributed by atoms with van der Waals surface area (Å²) in [6, 6.07) is 0. The van der Waals surface area contributed by atoms with Crippen molar-refractivity contribution in [2.75, 3.05) is 0 Å². The van der Waals surface area contributed by atoms with Gasteiger partial charge in [0, 0.05) is 17.3 Å². The van der Waals surface area contributed by atoms with Gasteiger partial charge in [-0.3, -0.25) is 0 Å². The van der Waals surface area contributed by atoms with Crippen LogP contribution in [-0.2, 0) is 0 Å². The van der Waals surface area contributed by atoms with Gasteiger partial charge in [0.1, 0.15) is 5.75 Å². The van der Waals surface area contributed by atoms with E-state index in [9.17, 15) is 0 Å². The van der Waals surface area contributed by atoms with Crippen molar-refractivity contribution < 1.29 is 5.11 Å². The van der Waals surface area contributed by atoms with Crippen LogP contribution in [0.4, 0.5) is 5.69 Å². The fourth-order valence-corrected chi connectivity index (χ4v) is 0.476. The molecule has 0 aliphatic carbocycles. The fourth-order valence-electron chi connectivity index (χ4n) is 0.476. The van der Waals surface area contributed by atoms with Gasteiger partial charge in [0.2, 0.25) is 0 Å². The first kappa shape index (κ1) is 5.53. The van der Waals surface area contributed by atoms with E-state index in [2.05, 4.69) is 15.0 Å². The van der Waals surface area contributed by atoms with Crippen LogP contribution >= 0.6 is 0 Å². The van der Waals surface area contributed by atoms with E-state index in [0.29, 0.717) is 0 Å². The second-order valence-electron chi connectivity index (χ2n) is 1.42. The third-order valence-corrected chi connectivity index (χ3v) is 0.855. The van der Waals surface area contributed by atoms with Gasteiger partial charge in [0.15, 0.2) is 0 Å². The van der Waals surface area contributed by atoms with Crippen molar-refractivity contribution in [3.63, 3.8) is 0 Å². The Morgan fingerprint density at radius 1 is 1.67 bits per heavy atom. The van der Waals surface area contributed by atoms with Crippen LogP contribution < -0.4 is 0 Å². The van der Waals surface area contributed by atoms with Gasteiger partial charge in [0.25, 0.3) is 0 Å². The third kappa shape index (κ3) is 0.949. The van der Waals surface area contributed by atoms with E-state index in [0.717, 1.165) is 0 Å². The zero-order valence-electron chi connectivity index (χ0n) is 4.44. The van der Waals surface area contributed by atoms with Gasteiger partial charge in [-0.1, -0.05) is 5.11 Å². The highest BCUT2D eigenvalue weighted by Gasteiger charge is 1.94. The van der Waals surface area contributed by atoms with Crippen LogP contribution in [0.2, 0.25) is 0 Å². The third-order valence-electron chi connectivity index (χ3n) is 0.855. The predicted octanol–water partition coefficient (Wildman–Crippen LogP) is 1.66. The number of hydrogen-bond acceptors (Lipinski definition) is 2. The van der Waals surface area contributed by atoms with Crippen LogP contribution in [0.1, 0.15) is 0 Å². The number of nitrogens with one attached hydrogen (secondary N) is 1. The van der Waals surface area contributed by atoms with Gasteiger partial charge >= 0.3 is 0 Å². The largest absolute Gasteiger partial charge is 0.506 e. The number of rotatable bonds is 1. The van der Waals surface area contributed by atoms with Crippen molar-refractivity contribution in [2.24, 2.45) is 5.11 Å². The summed E-state index contributed by atoms with van der Waals surface area (Å²) in [7, 11) is 0. The molecule has 1 heterocycles. The maximum absolute atomic E-state index is 8.79. The van der Waals surface area contributed by atoms with Crippen molar-refractivity contribution in [3.05, 3.63) is 22.8 Å². The molecule has 0 atom stereocenters. The maximum Gasteiger partial charge on any atom is 0.142 e. The Balaban J connectivity index is 3.07. The van der Waals surface area contributed by atoms with E-state index in [1.165, 1.54) is 12.4 Å². The Labute approximate surface area is 50.6 Å². The quantitative estimate of drug-likeness (QED) is 0.333. The SMILES string of the molecule is [N-]=[N+]=Nc1c[nH]cc1O. The second-order valence-corrected chi connectivity index (χ2v) is 1.42. The Morgan fingerprint density at radius 3 is 2.89 bits per heavy atom. The molecule has 1 aromatic heterocycles. The minimum atomic E-state index is -0.0344. The Morgan fingerprint density at radius 2 is 2.44 bits per heavy atom. The van der Waals surface area contributed by atoms with Crippen molar-refractivity contribution in [2.45, 2.75) is 0 Å². The first-order valence-corrected chi connectivity index (χ1v) is 2.25. The average Bonchev–Trinajstić information content (AvgIpc) is 2.18. The molecular weight excluding hydrogens is 120 g/mol. The first-order chi connectivity index (χ1) is 4.34. The van der Waals surface area contributed by atoms with Crippen LogP contribution in [0, 0.1) is 0 Å². The number of aromatic amines is 1. The molecule has 0 spiro atoms. The Hall–Kier alpha value is -1.61. The summed E-state index contributed by atoms with van der Waals surface area (Å²) in [5.41, 5.74) is 8.12. The van der Waals surface area contributed by atoms with Crippen molar-refractivity contribution in [1.29, 1.82) is 0 Å². The van der Waals surface area contributed by atoms with E-state index in [1.54, 1.807) is 0 Å². The molecule has 0 radical (unpaired) electrons. The smallest absolute Gasteiger partial charge is 0.142 e. The zero-order valence-corrected chi connectivity index (χ0v) is 4.44. The summed E-state index contributed by atoms with van der Waals surface area (Å²) >= 11 is 0. The Kier molecular flexibility index (Phi) is 1.29. The number of aromatic nitrogens is 1. The lowest BCUT2D eigenvalue weighted by Gasteiger charge is -1.80. The molecule has 0 saturated carbocycles. The highest BCUT2D eigenvalue weighted by atomic mass is 16.3. The summed E-state index contributed by atoms with van der Waals surface area (Å²) in [5.74, 6) is -0.0344. The molecule has 0 unspecified atom stereocenters. The molecule has 0 aliphatic heterocycles. The molecule has 2 N–H and O–H groups in total. The van der Waals surface area contributed by atoms with Crippen molar-refractivity contribution in [3.8, 4) is 5.75 Å². The van der Waals surface area contributed by atoms with E-state index in [-0.39, 0.29) is 11.4 Å². The number of hydrogen-bond donors (Lipinski definition) is 2. The summed E-state index contributed by atoms with van der Waals surface area (Å²) in [5, 5.41) is 12.0. The molecule has 5 heteroatoms. The molecule has 0 bridgehead atoms. The molecule has 9 heavy (non-hydrogen) atoms. The van der Waals surface area contributed by atoms with Crippen molar-refractivity contribution in [1.82, 2.24) is 4.98 Å². The number of azide groups is 1. The fraction of sp³-hybridized carbons (Fsp3) is 0. The Bertz CT molecular complexity index is 247. The normalized spacial score (nSPS) is 8.44. The lowest BCUT2D eigenvalue weighted by atomic mass is 10.5. The van der Waals surface area contributed by atoms with Gasteiger partial charge in [-0.2, -0.15) is 0 Å². The molecule has 1 aromatic rings. The van der Waals surface area contributed by atoms with E-state index in [4.69, 9.17) is 10.6 Å². The predicted molar refractivity (Wildman–Crippen MR) is 31.3 cm³/mol. The van der Waals surface area contributed by atoms with E-state index in [1.807, 2.05) is 0 Å². The summed E-state index contributed by atoms with van der Waals surface area (Å²) in [4.78, 5) is 5.05. The van der Waals surface area contributed by atoms with Crippen LogP contribution in [-0.4, -0.2) is 10.1 Å². The number of H-pyrrole nitrogens is 1. The van der Waals surface area contributed by atoms with Crippen LogP contribution in [0.15, 0.2) is 17.5 Å². The summed E-state index contributed by atoms with van der Waals surface area (Å²) in [6.07, 6.45) is 2.75. The molecule has 0 aliphatic rings. The monoisotopic (exact) mass is 124 g/mol. The van der Waals surface area contributed by atoms with Crippen LogP contribution in [0.3, 0.4) is 0 Å². The van der Waals surface area contributed by atoms with Gasteiger partial charge in [-0.25, -0.2) is 0 Å². The second kappa shape index (κ2) is 2.11. The minimum Gasteiger partial charge on any atom is -0.506 e. The van der Waals surface area contributed by atoms with Gasteiger partial charge < -0.3 is 10.1 Å². The van der Waals surface area contributed by atoms with Crippen LogP contribution in [0.25, 0.3) is 10.4 Å². The minimum absolute atomic E-state index is 0.0344. The summed E-state index contributed by atoms with van der Waals surface area (Å²) in [6.45, 7) is 0. The van der Waals surface area contributed by atoms with Gasteiger partial charge in [-0.05, 0) is 5.53 Å². The average molecular weight is 124 g/mol. The molecular formula is C4H4N4O. The van der Waals surface area contributed by atoms with Gasteiger partial charge in [-0.15, -0.1) is 0 Å². The summed E-state index contributed by atoms with van der Waals surface area (Å²) < 4.78 is 0. The van der Waals surface area contributed by atoms with E-state index >= 15 is 0 Å². The number of nitrogens with zero attached hydrogens (tertiary/aromatic N) is 3. The maximum atomic E-state index is 8.79. The lowest BCUT2D eigenvalue weighted by molar-refractivity contribution is 0.477. The molecule has 0 amide bonds. The molecule has 46 valence electrons. The topological polar surface area (TPSA) is 84.8 Å². The standard InChI is InChI=1S/C4H4N4O/c5-8-7-3-1-6-2-4(3)9/h1-2,6,9H. The highest BCUT2D eigenvalue weighted by Crippen LogP contribution is 2.24. The number of aromatic hydroxyl groups is 1. The molecule has 5 nitrogen and oxygen atoms in total. The molecule has 0 aromatic carbocycles. The molecule has 0 saturated heterocycles. The molecule has 0 fully saturated rings. The molecule has 1 rings (SSSR count). The first-order valence-electron chi connectivity index (χ1n) is 2.25. The van der Waals surface area contributed by atoms with Crippen LogP contribution in [0.5, 0.6) is 5.75 Å². The zero-order chi connectivity index (χ0) is 6.69. The highest BCUT2D eigenvalue weighted by molar-refractivity contribution is 5.47. The van der Waals surface area contributed by atoms with Gasteiger partial charge in [0.05, 0.1) is 5.69 Å².